The summed E-state index contributed by atoms with van der Waals surface area (Å²) in [5.74, 6) is -1.31. The second-order valence-corrected chi connectivity index (χ2v) is 11.9. The molecule has 0 aromatic heterocycles. The van der Waals surface area contributed by atoms with Crippen LogP contribution < -0.4 is 16.0 Å². The standard InChI is InChI=1S/C31H23Cl4N3O3S/c1-18(29(39)37-26-14-13-21(32)16-25(26)34)42-23-11-6-10-22(17-23)36-31(41)27(15-20-9-5-12-24(33)28(20)35)38-30(40)19-7-3-2-4-8-19/h2-18H,1H3,(H,36,41)(H,37,39)(H,38,40)/b27-15+. The minimum absolute atomic E-state index is 0.0429. The Hall–Kier alpha value is -3.46. The molecule has 11 heteroatoms. The van der Waals surface area contributed by atoms with Crippen molar-refractivity contribution in [1.82, 2.24) is 5.32 Å². The second kappa shape index (κ2) is 14.6. The van der Waals surface area contributed by atoms with Gasteiger partial charge in [0.05, 0.1) is 26.0 Å². The fraction of sp³-hybridized carbons (Fsp3) is 0.0645. The van der Waals surface area contributed by atoms with Crippen LogP contribution in [0.4, 0.5) is 11.4 Å². The summed E-state index contributed by atoms with van der Waals surface area (Å²) in [4.78, 5) is 39.9. The van der Waals surface area contributed by atoms with Gasteiger partial charge in [0.1, 0.15) is 5.70 Å². The van der Waals surface area contributed by atoms with Gasteiger partial charge in [0.25, 0.3) is 11.8 Å². The minimum Gasteiger partial charge on any atom is -0.324 e. The number of anilines is 2. The van der Waals surface area contributed by atoms with Crippen molar-refractivity contribution in [2.24, 2.45) is 0 Å². The first-order valence-corrected chi connectivity index (χ1v) is 14.9. The Balaban J connectivity index is 1.51. The summed E-state index contributed by atoms with van der Waals surface area (Å²) < 4.78 is 0. The SMILES string of the molecule is CC(Sc1cccc(NC(=O)/C(=C\c2cccc(Cl)c2Cl)NC(=O)c2ccccc2)c1)C(=O)Nc1ccc(Cl)cc1Cl. The lowest BCUT2D eigenvalue weighted by molar-refractivity contribution is -0.115. The second-order valence-electron chi connectivity index (χ2n) is 8.88. The third-order valence-electron chi connectivity index (χ3n) is 5.77. The van der Waals surface area contributed by atoms with Crippen LogP contribution in [0.3, 0.4) is 0 Å². The molecule has 6 nitrogen and oxygen atoms in total. The van der Waals surface area contributed by atoms with Crippen LogP contribution in [0, 0.1) is 0 Å². The minimum atomic E-state index is -0.583. The number of carbonyl (C=O) groups excluding carboxylic acids is 3. The summed E-state index contributed by atoms with van der Waals surface area (Å²) in [5, 5.41) is 9.13. The van der Waals surface area contributed by atoms with E-state index in [9.17, 15) is 14.4 Å². The molecule has 0 spiro atoms. The van der Waals surface area contributed by atoms with Crippen molar-refractivity contribution < 1.29 is 14.4 Å². The Labute approximate surface area is 267 Å². The van der Waals surface area contributed by atoms with Crippen molar-refractivity contribution in [2.45, 2.75) is 17.1 Å². The van der Waals surface area contributed by atoms with E-state index in [4.69, 9.17) is 46.4 Å². The zero-order chi connectivity index (χ0) is 30.2. The predicted octanol–water partition coefficient (Wildman–Crippen LogP) is 8.83. The van der Waals surface area contributed by atoms with Crippen LogP contribution in [0.1, 0.15) is 22.8 Å². The Morgan fingerprint density at radius 3 is 2.26 bits per heavy atom. The van der Waals surface area contributed by atoms with E-state index in [-0.39, 0.29) is 16.6 Å². The van der Waals surface area contributed by atoms with Crippen LogP contribution in [-0.2, 0) is 9.59 Å². The maximum Gasteiger partial charge on any atom is 0.272 e. The summed E-state index contributed by atoms with van der Waals surface area (Å²) in [6.07, 6.45) is 1.46. The van der Waals surface area contributed by atoms with E-state index in [0.29, 0.717) is 37.6 Å². The monoisotopic (exact) mass is 657 g/mol. The van der Waals surface area contributed by atoms with Gasteiger partial charge in [-0.1, -0.05) is 82.8 Å². The van der Waals surface area contributed by atoms with Gasteiger partial charge < -0.3 is 16.0 Å². The molecule has 0 saturated carbocycles. The number of nitrogens with one attached hydrogen (secondary N) is 3. The molecule has 0 aliphatic carbocycles. The van der Waals surface area contributed by atoms with E-state index in [1.807, 2.05) is 6.07 Å². The summed E-state index contributed by atoms with van der Waals surface area (Å²) in [6.45, 7) is 1.75. The summed E-state index contributed by atoms with van der Waals surface area (Å²) in [6, 6.07) is 25.3. The first kappa shape index (κ1) is 31.5. The molecule has 1 unspecified atom stereocenters. The third-order valence-corrected chi connectivity index (χ3v) is 8.25. The van der Waals surface area contributed by atoms with Crippen LogP contribution in [0.15, 0.2) is 102 Å². The number of carbonyl (C=O) groups is 3. The molecule has 0 aliphatic rings. The molecule has 0 saturated heterocycles. The van der Waals surface area contributed by atoms with E-state index < -0.39 is 17.1 Å². The van der Waals surface area contributed by atoms with Gasteiger partial charge in [-0.05, 0) is 73.2 Å². The fourth-order valence-electron chi connectivity index (χ4n) is 3.66. The highest BCUT2D eigenvalue weighted by atomic mass is 35.5. The molecule has 0 heterocycles. The van der Waals surface area contributed by atoms with Gasteiger partial charge in [-0.2, -0.15) is 0 Å². The van der Waals surface area contributed by atoms with Gasteiger partial charge in [-0.3, -0.25) is 14.4 Å². The Kier molecular flexibility index (Phi) is 11.0. The highest BCUT2D eigenvalue weighted by Gasteiger charge is 2.18. The molecule has 0 fully saturated rings. The average molecular weight is 659 g/mol. The molecule has 42 heavy (non-hydrogen) atoms. The first-order valence-electron chi connectivity index (χ1n) is 12.5. The van der Waals surface area contributed by atoms with Crippen molar-refractivity contribution in [3.8, 4) is 0 Å². The number of amides is 3. The van der Waals surface area contributed by atoms with Crippen molar-refractivity contribution in [2.75, 3.05) is 10.6 Å². The van der Waals surface area contributed by atoms with Crippen LogP contribution in [0.25, 0.3) is 6.08 Å². The van der Waals surface area contributed by atoms with Crippen LogP contribution in [-0.4, -0.2) is 23.0 Å². The Morgan fingerprint density at radius 1 is 0.786 bits per heavy atom. The van der Waals surface area contributed by atoms with Gasteiger partial charge in [-0.15, -0.1) is 11.8 Å². The molecule has 4 rings (SSSR count). The van der Waals surface area contributed by atoms with E-state index in [1.165, 1.54) is 17.8 Å². The third kappa shape index (κ3) is 8.53. The maximum absolute atomic E-state index is 13.4. The molecular weight excluding hydrogens is 636 g/mol. The molecule has 0 aliphatic heterocycles. The summed E-state index contributed by atoms with van der Waals surface area (Å²) >= 11 is 25.9. The largest absolute Gasteiger partial charge is 0.324 e. The smallest absolute Gasteiger partial charge is 0.272 e. The lowest BCUT2D eigenvalue weighted by Crippen LogP contribution is -2.30. The number of halogens is 4. The van der Waals surface area contributed by atoms with Crippen molar-refractivity contribution in [3.05, 3.63) is 128 Å². The molecule has 3 N–H and O–H groups in total. The normalized spacial score (nSPS) is 11.9. The zero-order valence-corrected chi connectivity index (χ0v) is 25.8. The molecule has 4 aromatic rings. The first-order chi connectivity index (χ1) is 20.1. The van der Waals surface area contributed by atoms with E-state index in [1.54, 1.807) is 91.9 Å². The topological polar surface area (TPSA) is 87.3 Å². The van der Waals surface area contributed by atoms with E-state index in [0.717, 1.165) is 4.90 Å². The van der Waals surface area contributed by atoms with E-state index in [2.05, 4.69) is 16.0 Å². The predicted molar refractivity (Wildman–Crippen MR) is 174 cm³/mol. The number of thioether (sulfide) groups is 1. The molecular formula is C31H23Cl4N3O3S. The van der Waals surface area contributed by atoms with Crippen molar-refractivity contribution in [1.29, 1.82) is 0 Å². The quantitative estimate of drug-likeness (QED) is 0.124. The summed E-state index contributed by atoms with van der Waals surface area (Å²) in [7, 11) is 0. The van der Waals surface area contributed by atoms with Crippen LogP contribution in [0.5, 0.6) is 0 Å². The molecule has 1 atom stereocenters. The van der Waals surface area contributed by atoms with Crippen molar-refractivity contribution in [3.63, 3.8) is 0 Å². The number of hydrogen-bond donors (Lipinski definition) is 3. The molecule has 4 aromatic carbocycles. The van der Waals surface area contributed by atoms with Gasteiger partial charge in [0.15, 0.2) is 0 Å². The van der Waals surface area contributed by atoms with Crippen LogP contribution >= 0.6 is 58.2 Å². The Morgan fingerprint density at radius 2 is 1.52 bits per heavy atom. The maximum atomic E-state index is 13.4. The van der Waals surface area contributed by atoms with Gasteiger partial charge in [0.2, 0.25) is 5.91 Å². The van der Waals surface area contributed by atoms with Crippen molar-refractivity contribution >= 4 is 93.3 Å². The fourth-order valence-corrected chi connectivity index (χ4v) is 5.40. The van der Waals surface area contributed by atoms with Crippen LogP contribution in [0.2, 0.25) is 20.1 Å². The van der Waals surface area contributed by atoms with Gasteiger partial charge in [-0.25, -0.2) is 0 Å². The Bertz CT molecular complexity index is 1660. The van der Waals surface area contributed by atoms with Gasteiger partial charge >= 0.3 is 0 Å². The molecule has 0 radical (unpaired) electrons. The number of rotatable bonds is 9. The van der Waals surface area contributed by atoms with Gasteiger partial charge in [0, 0.05) is 21.2 Å². The highest BCUT2D eigenvalue weighted by molar-refractivity contribution is 8.00. The van der Waals surface area contributed by atoms with E-state index >= 15 is 0 Å². The number of benzene rings is 4. The molecule has 0 bridgehead atoms. The lowest BCUT2D eigenvalue weighted by Gasteiger charge is -2.15. The molecule has 3 amide bonds. The lowest BCUT2D eigenvalue weighted by atomic mass is 10.1. The number of hydrogen-bond acceptors (Lipinski definition) is 4. The highest BCUT2D eigenvalue weighted by Crippen LogP contribution is 2.30. The average Bonchev–Trinajstić information content (AvgIpc) is 2.97. The zero-order valence-electron chi connectivity index (χ0n) is 22.0. The molecule has 214 valence electrons. The summed E-state index contributed by atoms with van der Waals surface area (Å²) in [5.41, 5.74) is 1.69.